The van der Waals surface area contributed by atoms with Crippen molar-refractivity contribution in [3.8, 4) is 0 Å². The van der Waals surface area contributed by atoms with Crippen LogP contribution in [0, 0.1) is 13.8 Å². The van der Waals surface area contributed by atoms with Crippen LogP contribution in [0.3, 0.4) is 0 Å². The van der Waals surface area contributed by atoms with Gasteiger partial charge in [0.1, 0.15) is 0 Å². The van der Waals surface area contributed by atoms with Crippen LogP contribution in [0.2, 0.25) is 0 Å². The van der Waals surface area contributed by atoms with Gasteiger partial charge < -0.3 is 38.7 Å². The van der Waals surface area contributed by atoms with Crippen LogP contribution < -0.4 is 24.8 Å². The average molecular weight is 234 g/mol. The monoisotopic (exact) mass is 232 g/mol. The Hall–Kier alpha value is 2.11. The van der Waals surface area contributed by atoms with E-state index in [1.54, 1.807) is 0 Å². The van der Waals surface area contributed by atoms with E-state index < -0.39 is 0 Å². The van der Waals surface area contributed by atoms with Gasteiger partial charge in [0, 0.05) is 0 Å². The summed E-state index contributed by atoms with van der Waals surface area (Å²) in [6.45, 7) is 11.4. The molecule has 12 heavy (non-hydrogen) atoms. The summed E-state index contributed by atoms with van der Waals surface area (Å²) in [6.07, 6.45) is 4.56. The smallest absolute Gasteiger partial charge is 1.00 e. The number of unbranched alkanes of at least 4 members (excludes halogenated alkanes) is 2. The molecule has 0 saturated heterocycles. The largest absolute Gasteiger partial charge is 2.00 e. The molecule has 0 fully saturated rings. The molecule has 0 atom stereocenters. The fourth-order valence-corrected chi connectivity index (χ4v) is 0. The van der Waals surface area contributed by atoms with Gasteiger partial charge in [0.2, 0.25) is 0 Å². The fraction of sp³-hybridized carbons (Fsp3) is 0.750. The van der Waals surface area contributed by atoms with Gasteiger partial charge in [-0.1, -0.05) is 26.7 Å². The van der Waals surface area contributed by atoms with Crippen molar-refractivity contribution in [1.29, 1.82) is 0 Å². The summed E-state index contributed by atoms with van der Waals surface area (Å²) >= 11 is 0. The molecule has 0 rings (SSSR count). The zero-order valence-corrected chi connectivity index (χ0v) is 12.8. The van der Waals surface area contributed by atoms with Gasteiger partial charge in [-0.15, -0.1) is 0 Å². The van der Waals surface area contributed by atoms with Crippen LogP contribution in [-0.2, 0) is 0 Å². The summed E-state index contributed by atoms with van der Waals surface area (Å²) in [5.41, 5.74) is 0. The van der Waals surface area contributed by atoms with Crippen molar-refractivity contribution < 1.29 is 24.8 Å². The van der Waals surface area contributed by atoms with E-state index in [1.807, 2.05) is 0 Å². The molecule has 0 aromatic carbocycles. The molecule has 0 amide bonds. The molecule has 0 aromatic rings. The molecule has 0 heterocycles. The Bertz CT molecular complexity index is 23.0. The molecule has 0 bridgehead atoms. The minimum Gasteiger partial charge on any atom is -1.00 e. The quantitative estimate of drug-likeness (QED) is 0.343. The van der Waals surface area contributed by atoms with E-state index in [4.69, 9.17) is 0 Å². The first-order valence-electron chi connectivity index (χ1n) is 3.41. The molecule has 4 heteroatoms. The van der Waals surface area contributed by atoms with Crippen LogP contribution in [0.1, 0.15) is 39.5 Å². The third kappa shape index (κ3) is 88.4. The van der Waals surface area contributed by atoms with E-state index in [9.17, 15) is 0 Å². The third-order valence-corrected chi connectivity index (χ3v) is 0.707. The van der Waals surface area contributed by atoms with Crippen molar-refractivity contribution in [2.75, 3.05) is 0 Å². The molecule has 0 aliphatic rings. The molecule has 0 nitrogen and oxygen atoms in total. The molecule has 0 aliphatic carbocycles. The van der Waals surface area contributed by atoms with E-state index >= 15 is 0 Å². The third-order valence-electron chi connectivity index (χ3n) is 0.707. The first-order chi connectivity index (χ1) is 3.83. The standard InChI is InChI=1S/2C4H9.2ClH.2Mg/c2*1-3-4-2;;;;/h2*1,3-4H2,2H3;2*1H;;/q2*-1;;;2*+2/p-2. The normalized spacial score (nSPS) is 5.00. The maximum Gasteiger partial charge on any atom is 2.00 e. The number of hydrogen-bond acceptors (Lipinski definition) is 0. The minimum absolute atomic E-state index is 0. The number of halogens is 2. The first kappa shape index (κ1) is 36.9. The van der Waals surface area contributed by atoms with E-state index in [1.165, 1.54) is 12.8 Å². The van der Waals surface area contributed by atoms with Gasteiger partial charge in [0.05, 0.1) is 0 Å². The summed E-state index contributed by atoms with van der Waals surface area (Å²) in [7, 11) is 0. The second-order valence-corrected chi connectivity index (χ2v) is 1.71. The SMILES string of the molecule is [CH2-]CCC.[CH2-]CCC.[Cl-].[Cl-].[Mg+2].[Mg+2]. The van der Waals surface area contributed by atoms with Crippen LogP contribution in [0.15, 0.2) is 0 Å². The molecule has 0 saturated carbocycles. The topological polar surface area (TPSA) is 0 Å². The Morgan fingerprint density at radius 2 is 0.833 bits per heavy atom. The number of rotatable bonds is 2. The summed E-state index contributed by atoms with van der Waals surface area (Å²) in [5.74, 6) is 0. The predicted molar refractivity (Wildman–Crippen MR) is 52.0 cm³/mol. The second kappa shape index (κ2) is 51.5. The van der Waals surface area contributed by atoms with Crippen LogP contribution in [0.5, 0.6) is 0 Å². The van der Waals surface area contributed by atoms with Crippen molar-refractivity contribution in [2.24, 2.45) is 0 Å². The van der Waals surface area contributed by atoms with E-state index in [2.05, 4.69) is 27.7 Å². The van der Waals surface area contributed by atoms with Gasteiger partial charge in [-0.05, 0) is 0 Å². The summed E-state index contributed by atoms with van der Waals surface area (Å²) in [6, 6.07) is 0. The van der Waals surface area contributed by atoms with E-state index in [0.717, 1.165) is 12.8 Å². The van der Waals surface area contributed by atoms with Crippen molar-refractivity contribution in [1.82, 2.24) is 0 Å². The van der Waals surface area contributed by atoms with Crippen molar-refractivity contribution in [2.45, 2.75) is 39.5 Å². The van der Waals surface area contributed by atoms with Crippen LogP contribution in [0.4, 0.5) is 0 Å². The molecule has 0 aliphatic heterocycles. The van der Waals surface area contributed by atoms with Gasteiger partial charge in [0.15, 0.2) is 0 Å². The zero-order chi connectivity index (χ0) is 6.83. The number of hydrogen-bond donors (Lipinski definition) is 0. The summed E-state index contributed by atoms with van der Waals surface area (Å²) in [4.78, 5) is 0. The van der Waals surface area contributed by atoms with Gasteiger partial charge in [0.25, 0.3) is 0 Å². The van der Waals surface area contributed by atoms with Crippen LogP contribution >= 0.6 is 0 Å². The van der Waals surface area contributed by atoms with Gasteiger partial charge >= 0.3 is 46.1 Å². The van der Waals surface area contributed by atoms with Crippen molar-refractivity contribution in [3.63, 3.8) is 0 Å². The molecule has 68 valence electrons. The van der Waals surface area contributed by atoms with Crippen molar-refractivity contribution in [3.05, 3.63) is 13.8 Å². The molecule has 0 aromatic heterocycles. The Labute approximate surface area is 123 Å². The predicted octanol–water partition coefficient (Wildman–Crippen LogP) is -3.51. The molecular formula is C8H18Cl2Mg2. The molecule has 0 N–H and O–H groups in total. The van der Waals surface area contributed by atoms with Gasteiger partial charge in [-0.25, -0.2) is 0 Å². The van der Waals surface area contributed by atoms with Crippen LogP contribution in [-0.4, -0.2) is 46.1 Å². The van der Waals surface area contributed by atoms with E-state index in [0.29, 0.717) is 0 Å². The Morgan fingerprint density at radius 1 is 0.750 bits per heavy atom. The Balaban J connectivity index is -0.0000000112. The fourth-order valence-electron chi connectivity index (χ4n) is 0. The average Bonchev–Trinajstić information content (AvgIpc) is 1.88. The molecule has 0 unspecified atom stereocenters. The first-order valence-corrected chi connectivity index (χ1v) is 3.41. The summed E-state index contributed by atoms with van der Waals surface area (Å²) < 4.78 is 0. The maximum absolute atomic E-state index is 3.60. The van der Waals surface area contributed by atoms with Crippen molar-refractivity contribution >= 4 is 46.1 Å². The Kier molecular flexibility index (Phi) is 158. The molecule has 0 radical (unpaired) electrons. The van der Waals surface area contributed by atoms with Crippen LogP contribution in [0.25, 0.3) is 0 Å². The molecule has 0 spiro atoms. The Morgan fingerprint density at radius 3 is 0.833 bits per heavy atom. The zero-order valence-electron chi connectivity index (χ0n) is 8.41. The van der Waals surface area contributed by atoms with Gasteiger partial charge in [-0.3, -0.25) is 0 Å². The molecular weight excluding hydrogens is 216 g/mol. The summed E-state index contributed by atoms with van der Waals surface area (Å²) in [5, 5.41) is 0. The van der Waals surface area contributed by atoms with E-state index in [-0.39, 0.29) is 70.9 Å². The maximum atomic E-state index is 3.60. The second-order valence-electron chi connectivity index (χ2n) is 1.71. The minimum atomic E-state index is 0. The van der Waals surface area contributed by atoms with Gasteiger partial charge in [-0.2, -0.15) is 12.8 Å².